The maximum atomic E-state index is 12.9. The first kappa shape index (κ1) is 16.8. The van der Waals surface area contributed by atoms with Gasteiger partial charge >= 0.3 is 0 Å². The second-order valence-corrected chi connectivity index (χ2v) is 6.53. The minimum atomic E-state index is -0.0218. The molecule has 4 rings (SSSR count). The van der Waals surface area contributed by atoms with E-state index >= 15 is 0 Å². The highest BCUT2D eigenvalue weighted by atomic mass is 16.2. The minimum absolute atomic E-state index is 0.0218. The van der Waals surface area contributed by atoms with Crippen molar-refractivity contribution in [1.29, 1.82) is 5.26 Å². The summed E-state index contributed by atoms with van der Waals surface area (Å²) in [6.07, 6.45) is 4.13. The molecule has 1 aliphatic rings. The predicted molar refractivity (Wildman–Crippen MR) is 104 cm³/mol. The average Bonchev–Trinajstić information content (AvgIpc) is 2.73. The van der Waals surface area contributed by atoms with Crippen LogP contribution in [-0.4, -0.2) is 22.3 Å². The molecule has 0 radical (unpaired) electrons. The molecule has 3 aromatic rings. The van der Waals surface area contributed by atoms with Gasteiger partial charge in [0.2, 0.25) is 0 Å². The summed E-state index contributed by atoms with van der Waals surface area (Å²) in [5.41, 5.74) is 5.14. The Kier molecular flexibility index (Phi) is 4.54. The van der Waals surface area contributed by atoms with E-state index in [9.17, 15) is 4.79 Å². The number of fused-ring (bicyclic) bond motifs is 1. The van der Waals surface area contributed by atoms with Crippen LogP contribution >= 0.6 is 0 Å². The van der Waals surface area contributed by atoms with Crippen LogP contribution in [-0.2, 0) is 13.0 Å². The van der Waals surface area contributed by atoms with Gasteiger partial charge in [0.05, 0.1) is 29.1 Å². The number of anilines is 2. The summed E-state index contributed by atoms with van der Waals surface area (Å²) >= 11 is 0. The summed E-state index contributed by atoms with van der Waals surface area (Å²) in [7, 11) is 0. The molecule has 2 aromatic carbocycles. The lowest BCUT2D eigenvalue weighted by Crippen LogP contribution is -2.36. The zero-order valence-electron chi connectivity index (χ0n) is 14.7. The smallest absolute Gasteiger partial charge is 0.255 e. The van der Waals surface area contributed by atoms with Gasteiger partial charge in [-0.1, -0.05) is 30.3 Å². The Morgan fingerprint density at radius 2 is 1.89 bits per heavy atom. The maximum Gasteiger partial charge on any atom is 0.255 e. The van der Waals surface area contributed by atoms with Crippen molar-refractivity contribution in [3.8, 4) is 6.07 Å². The number of nitriles is 1. The van der Waals surface area contributed by atoms with Crippen molar-refractivity contribution < 1.29 is 4.79 Å². The molecule has 1 aliphatic heterocycles. The van der Waals surface area contributed by atoms with Crippen LogP contribution < -0.4 is 5.32 Å². The van der Waals surface area contributed by atoms with Gasteiger partial charge in [-0.25, -0.2) is 0 Å². The molecule has 0 atom stereocenters. The molecule has 0 saturated carbocycles. The summed E-state index contributed by atoms with van der Waals surface area (Å²) in [4.78, 5) is 19.0. The van der Waals surface area contributed by atoms with Crippen molar-refractivity contribution in [2.45, 2.75) is 13.0 Å². The number of nitrogens with zero attached hydrogens (tertiary/aromatic N) is 3. The van der Waals surface area contributed by atoms with E-state index < -0.39 is 0 Å². The number of carbonyl (C=O) groups excluding carboxylic acids is 1. The second kappa shape index (κ2) is 7.30. The van der Waals surface area contributed by atoms with Crippen LogP contribution in [0, 0.1) is 11.3 Å². The molecule has 0 fully saturated rings. The number of benzene rings is 2. The van der Waals surface area contributed by atoms with Crippen molar-refractivity contribution in [3.63, 3.8) is 0 Å². The monoisotopic (exact) mass is 354 g/mol. The summed E-state index contributed by atoms with van der Waals surface area (Å²) in [5.74, 6) is -0.0218. The molecule has 27 heavy (non-hydrogen) atoms. The van der Waals surface area contributed by atoms with E-state index in [1.54, 1.807) is 30.6 Å². The summed E-state index contributed by atoms with van der Waals surface area (Å²) in [6.45, 7) is 1.33. The quantitative estimate of drug-likeness (QED) is 0.775. The number of aromatic nitrogens is 1. The van der Waals surface area contributed by atoms with E-state index in [-0.39, 0.29) is 5.91 Å². The number of rotatable bonds is 3. The van der Waals surface area contributed by atoms with Gasteiger partial charge in [0.25, 0.3) is 5.91 Å². The Hall–Kier alpha value is -3.65. The van der Waals surface area contributed by atoms with Gasteiger partial charge in [-0.05, 0) is 41.8 Å². The molecule has 1 amide bonds. The first-order chi connectivity index (χ1) is 13.2. The van der Waals surface area contributed by atoms with E-state index in [0.717, 1.165) is 12.1 Å². The molecule has 0 unspecified atom stereocenters. The van der Waals surface area contributed by atoms with Crippen LogP contribution in [0.5, 0.6) is 0 Å². The Labute approximate surface area is 157 Å². The third-order valence-electron chi connectivity index (χ3n) is 4.68. The number of pyridine rings is 1. The van der Waals surface area contributed by atoms with Gasteiger partial charge in [-0.2, -0.15) is 5.26 Å². The summed E-state index contributed by atoms with van der Waals surface area (Å²) in [6, 6.07) is 19.4. The zero-order valence-corrected chi connectivity index (χ0v) is 14.7. The molecule has 1 N–H and O–H groups in total. The topological polar surface area (TPSA) is 69.0 Å². The largest absolute Gasteiger partial charge is 0.354 e. The third kappa shape index (κ3) is 3.65. The van der Waals surface area contributed by atoms with Gasteiger partial charge in [-0.15, -0.1) is 0 Å². The van der Waals surface area contributed by atoms with Gasteiger partial charge in [0, 0.05) is 25.0 Å². The van der Waals surface area contributed by atoms with Crippen molar-refractivity contribution in [2.75, 3.05) is 11.9 Å². The highest BCUT2D eigenvalue weighted by Crippen LogP contribution is 2.22. The molecule has 132 valence electrons. The van der Waals surface area contributed by atoms with Crippen molar-refractivity contribution >= 4 is 17.3 Å². The number of nitrogens with one attached hydrogen (secondary N) is 1. The molecular formula is C22H18N4O. The average molecular weight is 354 g/mol. The zero-order chi connectivity index (χ0) is 18.6. The molecule has 5 nitrogen and oxygen atoms in total. The molecule has 0 spiro atoms. The summed E-state index contributed by atoms with van der Waals surface area (Å²) in [5, 5.41) is 12.2. The van der Waals surface area contributed by atoms with Crippen molar-refractivity contribution in [2.24, 2.45) is 0 Å². The first-order valence-corrected chi connectivity index (χ1v) is 8.81. The van der Waals surface area contributed by atoms with Crippen molar-refractivity contribution in [1.82, 2.24) is 9.88 Å². The molecule has 5 heteroatoms. The van der Waals surface area contributed by atoms with Gasteiger partial charge in [-0.3, -0.25) is 9.78 Å². The van der Waals surface area contributed by atoms with E-state index in [2.05, 4.69) is 28.5 Å². The number of hydrogen-bond donors (Lipinski definition) is 1. The molecule has 1 aromatic heterocycles. The van der Waals surface area contributed by atoms with Crippen LogP contribution in [0.3, 0.4) is 0 Å². The SMILES string of the molecule is N#Cc1cccc(Nc2cncc(C(=O)N3CCc4ccccc4C3)c2)c1. The second-order valence-electron chi connectivity index (χ2n) is 6.53. The van der Waals surface area contributed by atoms with E-state index in [1.165, 1.54) is 11.1 Å². The molecule has 0 aliphatic carbocycles. The predicted octanol–water partition coefficient (Wildman–Crippen LogP) is 3.90. The van der Waals surface area contributed by atoms with E-state index in [1.807, 2.05) is 29.2 Å². The Morgan fingerprint density at radius 3 is 2.74 bits per heavy atom. The third-order valence-corrected chi connectivity index (χ3v) is 4.68. The lowest BCUT2D eigenvalue weighted by atomic mass is 9.99. The highest BCUT2D eigenvalue weighted by Gasteiger charge is 2.21. The van der Waals surface area contributed by atoms with Crippen LogP contribution in [0.15, 0.2) is 67.0 Å². The van der Waals surface area contributed by atoms with Crippen LogP contribution in [0.4, 0.5) is 11.4 Å². The van der Waals surface area contributed by atoms with Gasteiger partial charge in [0.15, 0.2) is 0 Å². The number of hydrogen-bond acceptors (Lipinski definition) is 4. The fourth-order valence-electron chi connectivity index (χ4n) is 3.31. The van der Waals surface area contributed by atoms with Crippen molar-refractivity contribution in [3.05, 3.63) is 89.2 Å². The van der Waals surface area contributed by atoms with Crippen LogP contribution in [0.1, 0.15) is 27.0 Å². The van der Waals surface area contributed by atoms with Gasteiger partial charge in [0.1, 0.15) is 0 Å². The number of amides is 1. The first-order valence-electron chi connectivity index (χ1n) is 8.81. The minimum Gasteiger partial charge on any atom is -0.354 e. The standard InChI is InChI=1S/C22H18N4O/c23-12-16-4-3-7-20(10-16)25-21-11-19(13-24-14-21)22(27)26-9-8-17-5-1-2-6-18(17)15-26/h1-7,10-11,13-14,25H,8-9,15H2. The Morgan fingerprint density at radius 1 is 1.04 bits per heavy atom. The van der Waals surface area contributed by atoms with Crippen LogP contribution in [0.25, 0.3) is 0 Å². The molecule has 0 saturated heterocycles. The fourth-order valence-corrected chi connectivity index (χ4v) is 3.31. The fraction of sp³-hybridized carbons (Fsp3) is 0.136. The molecule has 0 bridgehead atoms. The van der Waals surface area contributed by atoms with Gasteiger partial charge < -0.3 is 10.2 Å². The lowest BCUT2D eigenvalue weighted by molar-refractivity contribution is 0.0734. The Bertz CT molecular complexity index is 1040. The normalized spacial score (nSPS) is 12.8. The Balaban J connectivity index is 1.52. The molecular weight excluding hydrogens is 336 g/mol. The lowest BCUT2D eigenvalue weighted by Gasteiger charge is -2.29. The van der Waals surface area contributed by atoms with Crippen LogP contribution in [0.2, 0.25) is 0 Å². The highest BCUT2D eigenvalue weighted by molar-refractivity contribution is 5.95. The molecule has 2 heterocycles. The van der Waals surface area contributed by atoms with E-state index in [4.69, 9.17) is 5.26 Å². The summed E-state index contributed by atoms with van der Waals surface area (Å²) < 4.78 is 0. The number of carbonyl (C=O) groups is 1. The van der Waals surface area contributed by atoms with E-state index in [0.29, 0.717) is 29.9 Å². The maximum absolute atomic E-state index is 12.9.